The van der Waals surface area contributed by atoms with E-state index < -0.39 is 5.41 Å². The lowest BCUT2D eigenvalue weighted by Crippen LogP contribution is -2.20. The van der Waals surface area contributed by atoms with E-state index in [0.717, 1.165) is 77.9 Å². The number of hydrogen-bond donors (Lipinski definition) is 4. The predicted molar refractivity (Wildman–Crippen MR) is 208 cm³/mol. The van der Waals surface area contributed by atoms with Crippen LogP contribution in [0.1, 0.15) is 91.7 Å². The minimum atomic E-state index is -0.456. The molecule has 0 aliphatic carbocycles. The monoisotopic (exact) mass is 676 g/mol. The second-order valence-corrected chi connectivity index (χ2v) is 14.9. The highest BCUT2D eigenvalue weighted by atomic mass is 16.3. The van der Waals surface area contributed by atoms with E-state index in [1.54, 1.807) is 24.3 Å². The van der Waals surface area contributed by atoms with Gasteiger partial charge in [0, 0.05) is 31.1 Å². The summed E-state index contributed by atoms with van der Waals surface area (Å²) in [6.07, 6.45) is 2.26. The molecule has 0 radical (unpaired) electrons. The lowest BCUT2D eigenvalue weighted by molar-refractivity contribution is 0.468. The summed E-state index contributed by atoms with van der Waals surface area (Å²) in [5.74, 6) is 1.11. The Hall–Kier alpha value is -5.48. The van der Waals surface area contributed by atoms with E-state index in [-0.39, 0.29) is 23.0 Å². The summed E-state index contributed by atoms with van der Waals surface area (Å²) >= 11 is 0. The standard InChI is InChI=1S/C47H48O4/c1-29-7-11-43(48)37(15-29)21-33-19-34(22-38-16-30(2)8-12-44(38)49)26-41(25-33)47(5,6)42-27-35(23-39-17-31(3)9-13-45(39)50)20-36(28-42)24-40-18-32(4)10-14-46(40)51/h7-20,25-28,48-51H,21-24H2,1-6H3. The maximum absolute atomic E-state index is 10.8. The summed E-state index contributed by atoms with van der Waals surface area (Å²) in [7, 11) is 0. The summed E-state index contributed by atoms with van der Waals surface area (Å²) in [6.45, 7) is 12.6. The van der Waals surface area contributed by atoms with Gasteiger partial charge in [0.15, 0.2) is 0 Å². The van der Waals surface area contributed by atoms with Gasteiger partial charge >= 0.3 is 0 Å². The van der Waals surface area contributed by atoms with Crippen molar-refractivity contribution in [2.75, 3.05) is 0 Å². The maximum Gasteiger partial charge on any atom is 0.119 e. The molecule has 0 saturated carbocycles. The lowest BCUT2D eigenvalue weighted by atomic mass is 9.75. The van der Waals surface area contributed by atoms with Crippen LogP contribution in [0.15, 0.2) is 109 Å². The van der Waals surface area contributed by atoms with Crippen LogP contribution in [0.3, 0.4) is 0 Å². The van der Waals surface area contributed by atoms with Crippen molar-refractivity contribution < 1.29 is 20.4 Å². The largest absolute Gasteiger partial charge is 0.508 e. The molecule has 0 spiro atoms. The molecule has 0 aliphatic rings. The minimum Gasteiger partial charge on any atom is -0.508 e. The molecule has 4 heteroatoms. The van der Waals surface area contributed by atoms with Crippen molar-refractivity contribution in [3.8, 4) is 23.0 Å². The van der Waals surface area contributed by atoms with Crippen LogP contribution in [0.5, 0.6) is 23.0 Å². The Morgan fingerprint density at radius 1 is 0.353 bits per heavy atom. The number of benzene rings is 6. The molecule has 0 aromatic heterocycles. The lowest BCUT2D eigenvalue weighted by Gasteiger charge is -2.29. The second-order valence-electron chi connectivity index (χ2n) is 14.9. The molecule has 0 amide bonds. The Kier molecular flexibility index (Phi) is 9.98. The molecule has 0 fully saturated rings. The zero-order chi connectivity index (χ0) is 36.4. The van der Waals surface area contributed by atoms with Gasteiger partial charge in [0.05, 0.1) is 0 Å². The molecule has 4 nitrogen and oxygen atoms in total. The second kappa shape index (κ2) is 14.4. The molecule has 0 unspecified atom stereocenters. The molecule has 0 heterocycles. The van der Waals surface area contributed by atoms with E-state index in [2.05, 4.69) is 50.2 Å². The molecule has 0 saturated heterocycles. The number of rotatable bonds is 10. The van der Waals surface area contributed by atoms with Crippen LogP contribution in [0.2, 0.25) is 0 Å². The fourth-order valence-electron chi connectivity index (χ4n) is 7.13. The zero-order valence-electron chi connectivity index (χ0n) is 30.5. The fraction of sp³-hybridized carbons (Fsp3) is 0.234. The normalized spacial score (nSPS) is 11.6. The van der Waals surface area contributed by atoms with Gasteiger partial charge in [-0.25, -0.2) is 0 Å². The van der Waals surface area contributed by atoms with Gasteiger partial charge in [-0.2, -0.15) is 0 Å². The van der Waals surface area contributed by atoms with E-state index in [1.807, 2.05) is 76.2 Å². The summed E-state index contributed by atoms with van der Waals surface area (Å²) in [4.78, 5) is 0. The highest BCUT2D eigenvalue weighted by Crippen LogP contribution is 2.37. The molecule has 260 valence electrons. The highest BCUT2D eigenvalue weighted by Gasteiger charge is 2.26. The minimum absolute atomic E-state index is 0.277. The van der Waals surface area contributed by atoms with Crippen LogP contribution in [0.25, 0.3) is 0 Å². The van der Waals surface area contributed by atoms with Gasteiger partial charge in [-0.3, -0.25) is 0 Å². The molecule has 0 atom stereocenters. The van der Waals surface area contributed by atoms with Gasteiger partial charge < -0.3 is 20.4 Å². The third kappa shape index (κ3) is 8.29. The Balaban J connectivity index is 1.48. The van der Waals surface area contributed by atoms with Crippen molar-refractivity contribution in [1.82, 2.24) is 0 Å². The summed E-state index contributed by atoms with van der Waals surface area (Å²) in [5, 5.41) is 43.1. The Bertz CT molecular complexity index is 1930. The van der Waals surface area contributed by atoms with Gasteiger partial charge in [0.25, 0.3) is 0 Å². The zero-order valence-corrected chi connectivity index (χ0v) is 30.5. The van der Waals surface area contributed by atoms with Crippen LogP contribution >= 0.6 is 0 Å². The van der Waals surface area contributed by atoms with Gasteiger partial charge in [-0.1, -0.05) is 121 Å². The van der Waals surface area contributed by atoms with Gasteiger partial charge in [0.1, 0.15) is 23.0 Å². The van der Waals surface area contributed by atoms with E-state index in [0.29, 0.717) is 25.7 Å². The van der Waals surface area contributed by atoms with Crippen molar-refractivity contribution in [3.63, 3.8) is 0 Å². The molecule has 0 aliphatic heterocycles. The first-order valence-corrected chi connectivity index (χ1v) is 17.6. The summed E-state index contributed by atoms with van der Waals surface area (Å²) < 4.78 is 0. The van der Waals surface area contributed by atoms with Gasteiger partial charge in [0.2, 0.25) is 0 Å². The van der Waals surface area contributed by atoms with Crippen LogP contribution in [-0.2, 0) is 31.1 Å². The van der Waals surface area contributed by atoms with Crippen molar-refractivity contribution in [3.05, 3.63) is 187 Å². The van der Waals surface area contributed by atoms with E-state index >= 15 is 0 Å². The Morgan fingerprint density at radius 3 is 0.824 bits per heavy atom. The number of aryl methyl sites for hydroxylation is 4. The molecule has 4 N–H and O–H groups in total. The van der Waals surface area contributed by atoms with Crippen molar-refractivity contribution in [1.29, 1.82) is 0 Å². The van der Waals surface area contributed by atoms with E-state index in [9.17, 15) is 20.4 Å². The first-order chi connectivity index (χ1) is 24.2. The number of phenols is 4. The van der Waals surface area contributed by atoms with E-state index in [4.69, 9.17) is 0 Å². The third-order valence-electron chi connectivity index (χ3n) is 10.1. The molecule has 51 heavy (non-hydrogen) atoms. The van der Waals surface area contributed by atoms with Crippen LogP contribution in [-0.4, -0.2) is 20.4 Å². The number of phenolic OH excluding ortho intramolecular Hbond substituents is 4. The topological polar surface area (TPSA) is 80.9 Å². The third-order valence-corrected chi connectivity index (χ3v) is 10.1. The quantitative estimate of drug-likeness (QED) is 0.116. The first-order valence-electron chi connectivity index (χ1n) is 17.6. The van der Waals surface area contributed by atoms with Gasteiger partial charge in [-0.15, -0.1) is 0 Å². The SMILES string of the molecule is Cc1ccc(O)c(Cc2cc(Cc3cc(C)ccc3O)cc(C(C)(C)c3cc(Cc4cc(C)ccc4O)cc(Cc4cc(C)ccc4O)c3)c2)c1. The molecule has 6 rings (SSSR count). The van der Waals surface area contributed by atoms with Crippen LogP contribution in [0.4, 0.5) is 0 Å². The smallest absolute Gasteiger partial charge is 0.119 e. The molecule has 0 bridgehead atoms. The molecule has 6 aromatic rings. The van der Waals surface area contributed by atoms with Crippen LogP contribution in [0, 0.1) is 27.7 Å². The van der Waals surface area contributed by atoms with Crippen molar-refractivity contribution >= 4 is 0 Å². The molecule has 6 aromatic carbocycles. The molecular weight excluding hydrogens is 629 g/mol. The summed E-state index contributed by atoms with van der Waals surface area (Å²) in [6, 6.07) is 36.2. The van der Waals surface area contributed by atoms with Gasteiger partial charge in [-0.05, 0) is 108 Å². The van der Waals surface area contributed by atoms with Crippen molar-refractivity contribution in [2.45, 2.75) is 72.6 Å². The van der Waals surface area contributed by atoms with Crippen LogP contribution < -0.4 is 0 Å². The Labute approximate surface area is 302 Å². The first kappa shape index (κ1) is 35.3. The Morgan fingerprint density at radius 2 is 0.588 bits per heavy atom. The number of hydrogen-bond acceptors (Lipinski definition) is 4. The van der Waals surface area contributed by atoms with E-state index in [1.165, 1.54) is 0 Å². The fourth-order valence-corrected chi connectivity index (χ4v) is 7.13. The maximum atomic E-state index is 10.8. The highest BCUT2D eigenvalue weighted by molar-refractivity contribution is 5.51. The average molecular weight is 677 g/mol. The number of aromatic hydroxyl groups is 4. The van der Waals surface area contributed by atoms with Crippen molar-refractivity contribution in [2.24, 2.45) is 0 Å². The molecular formula is C47H48O4. The predicted octanol–water partition coefficient (Wildman–Crippen LogP) is 10.4. The average Bonchev–Trinajstić information content (AvgIpc) is 3.07. The summed E-state index contributed by atoms with van der Waals surface area (Å²) in [5.41, 5.74) is 13.9.